The molecule has 0 aliphatic carbocycles. The fourth-order valence-corrected chi connectivity index (χ4v) is 4.66. The lowest BCUT2D eigenvalue weighted by molar-refractivity contribution is -0.128. The summed E-state index contributed by atoms with van der Waals surface area (Å²) in [7, 11) is 0. The molecule has 0 radical (unpaired) electrons. The molecule has 5 rings (SSSR count). The van der Waals surface area contributed by atoms with Crippen LogP contribution < -0.4 is 5.56 Å². The Labute approximate surface area is 203 Å². The van der Waals surface area contributed by atoms with Gasteiger partial charge in [-0.1, -0.05) is 36.4 Å². The highest BCUT2D eigenvalue weighted by molar-refractivity contribution is 6.08. The molecule has 5 aromatic rings. The first-order chi connectivity index (χ1) is 17.0. The first-order valence-electron chi connectivity index (χ1n) is 11.9. The third kappa shape index (κ3) is 4.23. The average molecular weight is 465 g/mol. The van der Waals surface area contributed by atoms with Crippen molar-refractivity contribution in [2.24, 2.45) is 0 Å². The van der Waals surface area contributed by atoms with Crippen molar-refractivity contribution in [1.82, 2.24) is 19.4 Å². The number of H-pyrrole nitrogens is 1. The van der Waals surface area contributed by atoms with Crippen molar-refractivity contribution >= 4 is 44.7 Å². The number of aryl methyl sites for hydroxylation is 1. The van der Waals surface area contributed by atoms with Gasteiger partial charge in [0.25, 0.3) is 5.56 Å². The van der Waals surface area contributed by atoms with Crippen LogP contribution in [0.5, 0.6) is 0 Å². The maximum Gasteiger partial charge on any atom is 0.258 e. The fourth-order valence-electron chi connectivity index (χ4n) is 4.66. The maximum atomic E-state index is 13.2. The molecule has 0 fully saturated rings. The van der Waals surface area contributed by atoms with Gasteiger partial charge in [-0.2, -0.15) is 0 Å². The van der Waals surface area contributed by atoms with Crippen LogP contribution >= 0.6 is 0 Å². The Morgan fingerprint density at radius 3 is 2.49 bits per heavy atom. The first kappa shape index (κ1) is 22.6. The smallest absolute Gasteiger partial charge is 0.258 e. The van der Waals surface area contributed by atoms with Crippen molar-refractivity contribution in [3.63, 3.8) is 0 Å². The van der Waals surface area contributed by atoms with E-state index in [0.29, 0.717) is 16.7 Å². The number of amides is 1. The summed E-state index contributed by atoms with van der Waals surface area (Å²) < 4.78 is 2.31. The van der Waals surface area contributed by atoms with Gasteiger partial charge in [-0.15, -0.1) is 0 Å². The Bertz CT molecular complexity index is 1640. The minimum atomic E-state index is -0.197. The standard InChI is InChI=1S/C29H28N4O2/c1-4-32-25-12-8-6-9-21(25)23-17-20(13-15-26(23)32)14-16-28(34)33(19(2)3)18-27-30-24-11-7-5-10-22(24)29(35)31-27/h5-17,19H,4,18H2,1-3H3,(H,30,31,35)/b16-14+. The van der Waals surface area contributed by atoms with Crippen molar-refractivity contribution in [3.8, 4) is 0 Å². The zero-order valence-corrected chi connectivity index (χ0v) is 20.2. The van der Waals surface area contributed by atoms with Crippen LogP contribution in [-0.2, 0) is 17.9 Å². The van der Waals surface area contributed by atoms with E-state index in [2.05, 4.69) is 57.9 Å². The number of benzene rings is 3. The highest BCUT2D eigenvalue weighted by atomic mass is 16.2. The lowest BCUT2D eigenvalue weighted by Crippen LogP contribution is -2.36. The Hall–Kier alpha value is -4.19. The van der Waals surface area contributed by atoms with Crippen LogP contribution in [0.25, 0.3) is 38.8 Å². The minimum absolute atomic E-state index is 0.0612. The van der Waals surface area contributed by atoms with E-state index in [-0.39, 0.29) is 24.1 Å². The molecule has 6 heteroatoms. The molecule has 1 N–H and O–H groups in total. The van der Waals surface area contributed by atoms with E-state index >= 15 is 0 Å². The quantitative estimate of drug-likeness (QED) is 0.337. The number of carbonyl (C=O) groups is 1. The molecular weight excluding hydrogens is 436 g/mol. The maximum absolute atomic E-state index is 13.2. The van der Waals surface area contributed by atoms with E-state index < -0.39 is 0 Å². The number of fused-ring (bicyclic) bond motifs is 4. The number of carbonyl (C=O) groups excluding carboxylic acids is 1. The molecular formula is C29H28N4O2. The van der Waals surface area contributed by atoms with Crippen molar-refractivity contribution in [3.05, 3.63) is 94.5 Å². The van der Waals surface area contributed by atoms with E-state index in [4.69, 9.17) is 0 Å². The highest BCUT2D eigenvalue weighted by Gasteiger charge is 2.17. The molecule has 0 spiro atoms. The van der Waals surface area contributed by atoms with E-state index in [0.717, 1.165) is 12.1 Å². The first-order valence-corrected chi connectivity index (χ1v) is 11.9. The molecule has 1 amide bonds. The summed E-state index contributed by atoms with van der Waals surface area (Å²) in [6.45, 7) is 7.18. The topological polar surface area (TPSA) is 71.0 Å². The van der Waals surface area contributed by atoms with Crippen LogP contribution in [-0.4, -0.2) is 31.4 Å². The molecule has 0 aliphatic heterocycles. The van der Waals surface area contributed by atoms with Gasteiger partial charge in [0.1, 0.15) is 5.82 Å². The second-order valence-corrected chi connectivity index (χ2v) is 8.96. The summed E-state index contributed by atoms with van der Waals surface area (Å²) >= 11 is 0. The second-order valence-electron chi connectivity index (χ2n) is 8.96. The fraction of sp³-hybridized carbons (Fsp3) is 0.207. The van der Waals surface area contributed by atoms with Gasteiger partial charge in [-0.25, -0.2) is 4.98 Å². The Morgan fingerprint density at radius 1 is 1.00 bits per heavy atom. The van der Waals surface area contributed by atoms with E-state index in [9.17, 15) is 9.59 Å². The van der Waals surface area contributed by atoms with Crippen molar-refractivity contribution < 1.29 is 4.79 Å². The van der Waals surface area contributed by atoms with Gasteiger partial charge >= 0.3 is 0 Å². The third-order valence-corrected chi connectivity index (χ3v) is 6.42. The van der Waals surface area contributed by atoms with Crippen LogP contribution in [0.2, 0.25) is 0 Å². The molecule has 35 heavy (non-hydrogen) atoms. The largest absolute Gasteiger partial charge is 0.341 e. The summed E-state index contributed by atoms with van der Waals surface area (Å²) in [6.07, 6.45) is 3.45. The van der Waals surface area contributed by atoms with Crippen LogP contribution in [0.4, 0.5) is 0 Å². The Balaban J connectivity index is 1.43. The minimum Gasteiger partial charge on any atom is -0.341 e. The summed E-state index contributed by atoms with van der Waals surface area (Å²) in [4.78, 5) is 34.7. The van der Waals surface area contributed by atoms with Gasteiger partial charge in [-0.05, 0) is 62.7 Å². The monoisotopic (exact) mass is 464 g/mol. The number of aromatic amines is 1. The zero-order valence-electron chi connectivity index (χ0n) is 20.2. The van der Waals surface area contributed by atoms with Gasteiger partial charge in [0.2, 0.25) is 5.91 Å². The van der Waals surface area contributed by atoms with Gasteiger partial charge in [0, 0.05) is 40.5 Å². The van der Waals surface area contributed by atoms with Gasteiger partial charge < -0.3 is 14.5 Å². The summed E-state index contributed by atoms with van der Waals surface area (Å²) in [6, 6.07) is 21.8. The molecule has 0 saturated carbocycles. The normalized spacial score (nSPS) is 11.9. The number of nitrogens with zero attached hydrogens (tertiary/aromatic N) is 3. The molecule has 0 bridgehead atoms. The van der Waals surface area contributed by atoms with E-state index in [1.807, 2.05) is 38.1 Å². The predicted molar refractivity (Wildman–Crippen MR) is 142 cm³/mol. The Kier molecular flexibility index (Phi) is 5.95. The molecule has 3 aromatic carbocycles. The van der Waals surface area contributed by atoms with Crippen LogP contribution in [0.15, 0.2) is 77.6 Å². The number of hydrogen-bond donors (Lipinski definition) is 1. The molecule has 2 heterocycles. The molecule has 0 saturated heterocycles. The van der Waals surface area contributed by atoms with Crippen LogP contribution in [0, 0.1) is 0 Å². The lowest BCUT2D eigenvalue weighted by atomic mass is 10.1. The highest BCUT2D eigenvalue weighted by Crippen LogP contribution is 2.30. The Morgan fingerprint density at radius 2 is 1.71 bits per heavy atom. The number of rotatable bonds is 6. The molecule has 0 aliphatic rings. The number of nitrogens with one attached hydrogen (secondary N) is 1. The van der Waals surface area contributed by atoms with Crippen LogP contribution in [0.1, 0.15) is 32.2 Å². The molecule has 0 unspecified atom stereocenters. The molecule has 176 valence electrons. The van der Waals surface area contributed by atoms with E-state index in [1.54, 1.807) is 23.1 Å². The lowest BCUT2D eigenvalue weighted by Gasteiger charge is -2.25. The summed E-state index contributed by atoms with van der Waals surface area (Å²) in [5, 5.41) is 2.93. The molecule has 6 nitrogen and oxygen atoms in total. The molecule has 0 atom stereocenters. The second kappa shape index (κ2) is 9.22. The summed E-state index contributed by atoms with van der Waals surface area (Å²) in [5.41, 5.74) is 3.79. The zero-order chi connectivity index (χ0) is 24.5. The van der Waals surface area contributed by atoms with Gasteiger partial charge in [0.15, 0.2) is 0 Å². The van der Waals surface area contributed by atoms with Gasteiger partial charge in [-0.3, -0.25) is 9.59 Å². The van der Waals surface area contributed by atoms with Crippen LogP contribution in [0.3, 0.4) is 0 Å². The SMILES string of the molecule is CCn1c2ccccc2c2cc(/C=C/C(=O)N(Cc3nc4ccccc4c(=O)[nH]3)C(C)C)ccc21. The predicted octanol–water partition coefficient (Wildman–Crippen LogP) is 5.50. The average Bonchev–Trinajstić information content (AvgIpc) is 3.18. The third-order valence-electron chi connectivity index (χ3n) is 6.42. The summed E-state index contributed by atoms with van der Waals surface area (Å²) in [5.74, 6) is 0.338. The van der Waals surface area contributed by atoms with Crippen molar-refractivity contribution in [2.75, 3.05) is 0 Å². The molecule has 2 aromatic heterocycles. The number of hydrogen-bond acceptors (Lipinski definition) is 3. The van der Waals surface area contributed by atoms with Gasteiger partial charge in [0.05, 0.1) is 17.4 Å². The van der Waals surface area contributed by atoms with Crippen molar-refractivity contribution in [1.29, 1.82) is 0 Å². The number of aromatic nitrogens is 3. The van der Waals surface area contributed by atoms with E-state index in [1.165, 1.54) is 21.8 Å². The van der Waals surface area contributed by atoms with Crippen molar-refractivity contribution in [2.45, 2.75) is 39.9 Å². The number of para-hydroxylation sites is 2.